The summed E-state index contributed by atoms with van der Waals surface area (Å²) >= 11 is 0. The smallest absolute Gasteiger partial charge is 0.343 e. The van der Waals surface area contributed by atoms with Gasteiger partial charge in [-0.25, -0.2) is 4.79 Å². The van der Waals surface area contributed by atoms with E-state index >= 15 is 0 Å². The maximum atomic E-state index is 11.7. The van der Waals surface area contributed by atoms with Crippen LogP contribution in [0.15, 0.2) is 27.6 Å². The molecule has 2 aliphatic heterocycles. The molecule has 15 heavy (non-hydrogen) atoms. The number of hydrogen-bond acceptors (Lipinski definition) is 4. The summed E-state index contributed by atoms with van der Waals surface area (Å²) in [5.74, 6) is 1.18. The van der Waals surface area contributed by atoms with Crippen LogP contribution in [0.4, 0.5) is 0 Å². The molecule has 1 aromatic heterocycles. The minimum Gasteiger partial charge on any atom is -0.501 e. The van der Waals surface area contributed by atoms with Crippen LogP contribution in [0.1, 0.15) is 17.2 Å². The van der Waals surface area contributed by atoms with E-state index in [2.05, 4.69) is 0 Å². The minimum atomic E-state index is -0.309. The highest BCUT2D eigenvalue weighted by Gasteiger charge is 2.38. The summed E-state index contributed by atoms with van der Waals surface area (Å²) in [6.07, 6.45) is 3.35. The fourth-order valence-electron chi connectivity index (χ4n) is 2.06. The molecule has 0 aliphatic carbocycles. The quantitative estimate of drug-likeness (QED) is 0.642. The van der Waals surface area contributed by atoms with Crippen LogP contribution in [-0.2, 0) is 4.74 Å². The van der Waals surface area contributed by atoms with Gasteiger partial charge in [0.25, 0.3) is 0 Å². The van der Waals surface area contributed by atoms with Crippen LogP contribution in [-0.4, -0.2) is 12.7 Å². The molecule has 0 radical (unpaired) electrons. The van der Waals surface area contributed by atoms with E-state index in [0.29, 0.717) is 23.7 Å². The highest BCUT2D eigenvalue weighted by molar-refractivity contribution is 5.41. The maximum Gasteiger partial charge on any atom is 0.343 e. The maximum absolute atomic E-state index is 11.7. The van der Waals surface area contributed by atoms with Crippen molar-refractivity contribution in [3.05, 3.63) is 40.1 Å². The Hall–Kier alpha value is -1.71. The zero-order valence-corrected chi connectivity index (χ0v) is 8.23. The second-order valence-corrected chi connectivity index (χ2v) is 3.77. The van der Waals surface area contributed by atoms with Gasteiger partial charge in [-0.15, -0.1) is 0 Å². The summed E-state index contributed by atoms with van der Waals surface area (Å²) in [6, 6.07) is 1.75. The Balaban J connectivity index is 2.17. The Morgan fingerprint density at radius 1 is 1.47 bits per heavy atom. The van der Waals surface area contributed by atoms with Crippen LogP contribution in [0.2, 0.25) is 0 Å². The van der Waals surface area contributed by atoms with Crippen molar-refractivity contribution in [2.24, 2.45) is 0 Å². The van der Waals surface area contributed by atoms with Crippen molar-refractivity contribution in [2.45, 2.75) is 18.9 Å². The van der Waals surface area contributed by atoms with Gasteiger partial charge in [0.1, 0.15) is 17.6 Å². The number of fused-ring (bicyclic) bond motifs is 3. The lowest BCUT2D eigenvalue weighted by Crippen LogP contribution is -2.25. The largest absolute Gasteiger partial charge is 0.501 e. The molecular formula is C11H10O4. The van der Waals surface area contributed by atoms with Crippen molar-refractivity contribution >= 4 is 0 Å². The first-order valence-electron chi connectivity index (χ1n) is 4.85. The topological polar surface area (TPSA) is 48.7 Å². The molecule has 3 rings (SSSR count). The zero-order chi connectivity index (χ0) is 10.4. The molecule has 0 saturated carbocycles. The molecule has 0 aromatic carbocycles. The third kappa shape index (κ3) is 1.17. The molecule has 0 N–H and O–H groups in total. The first kappa shape index (κ1) is 8.59. The highest BCUT2D eigenvalue weighted by Crippen LogP contribution is 2.38. The summed E-state index contributed by atoms with van der Waals surface area (Å²) in [5.41, 5.74) is 0.298. The van der Waals surface area contributed by atoms with Gasteiger partial charge in [-0.1, -0.05) is 0 Å². The van der Waals surface area contributed by atoms with Gasteiger partial charge < -0.3 is 13.9 Å². The van der Waals surface area contributed by atoms with Crippen LogP contribution in [0.3, 0.4) is 0 Å². The van der Waals surface area contributed by atoms with E-state index in [1.165, 1.54) is 0 Å². The van der Waals surface area contributed by atoms with Crippen molar-refractivity contribution in [1.82, 2.24) is 0 Å². The Labute approximate surface area is 86.1 Å². The highest BCUT2D eigenvalue weighted by atomic mass is 16.5. The lowest BCUT2D eigenvalue weighted by atomic mass is 9.97. The second kappa shape index (κ2) is 2.89. The molecule has 0 saturated heterocycles. The van der Waals surface area contributed by atoms with E-state index in [-0.39, 0.29) is 17.6 Å². The molecule has 1 aromatic rings. The molecule has 0 fully saturated rings. The molecule has 0 bridgehead atoms. The summed E-state index contributed by atoms with van der Waals surface area (Å²) in [4.78, 5) is 11.7. The molecule has 0 amide bonds. The van der Waals surface area contributed by atoms with Gasteiger partial charge in [0.05, 0.1) is 24.4 Å². The molecule has 78 valence electrons. The Bertz CT molecular complexity index is 486. The predicted octanol–water partition coefficient (Wildman–Crippen LogP) is 1.34. The number of ether oxygens (including phenoxy) is 2. The minimum absolute atomic E-state index is 0.0261. The van der Waals surface area contributed by atoms with Crippen molar-refractivity contribution < 1.29 is 13.9 Å². The summed E-state index contributed by atoms with van der Waals surface area (Å²) in [7, 11) is 0. The normalized spacial score (nSPS) is 26.5. The van der Waals surface area contributed by atoms with Gasteiger partial charge in [0.2, 0.25) is 0 Å². The SMILES string of the molecule is Cc1cc2c(c(=O)o1)[C@H]1COC=C[C@@H]1O2. The fraction of sp³-hybridized carbons (Fsp3) is 0.364. The lowest BCUT2D eigenvalue weighted by molar-refractivity contribution is 0.146. The predicted molar refractivity (Wildman–Crippen MR) is 52.0 cm³/mol. The third-order valence-electron chi connectivity index (χ3n) is 2.74. The molecule has 0 unspecified atom stereocenters. The summed E-state index contributed by atoms with van der Waals surface area (Å²) in [6.45, 7) is 2.21. The molecule has 4 nitrogen and oxygen atoms in total. The second-order valence-electron chi connectivity index (χ2n) is 3.77. The first-order valence-corrected chi connectivity index (χ1v) is 4.85. The van der Waals surface area contributed by atoms with Gasteiger partial charge in [-0.05, 0) is 13.0 Å². The Morgan fingerprint density at radius 3 is 3.20 bits per heavy atom. The molecule has 4 heteroatoms. The van der Waals surface area contributed by atoms with Crippen LogP contribution in [0.25, 0.3) is 0 Å². The molecule has 0 spiro atoms. The Kier molecular flexibility index (Phi) is 1.65. The lowest BCUT2D eigenvalue weighted by Gasteiger charge is -2.18. The van der Waals surface area contributed by atoms with Crippen LogP contribution in [0, 0.1) is 6.92 Å². The first-order chi connectivity index (χ1) is 7.25. The van der Waals surface area contributed by atoms with Gasteiger partial charge in [0, 0.05) is 6.07 Å². The Morgan fingerprint density at radius 2 is 2.33 bits per heavy atom. The van der Waals surface area contributed by atoms with Crippen molar-refractivity contribution in [2.75, 3.05) is 6.61 Å². The van der Waals surface area contributed by atoms with Gasteiger partial charge in [-0.2, -0.15) is 0 Å². The van der Waals surface area contributed by atoms with E-state index in [0.717, 1.165) is 0 Å². The van der Waals surface area contributed by atoms with Crippen molar-refractivity contribution in [3.63, 3.8) is 0 Å². The molecular weight excluding hydrogens is 196 g/mol. The average Bonchev–Trinajstić information content (AvgIpc) is 2.54. The van der Waals surface area contributed by atoms with E-state index in [1.807, 2.05) is 6.08 Å². The van der Waals surface area contributed by atoms with E-state index < -0.39 is 0 Å². The van der Waals surface area contributed by atoms with Gasteiger partial charge >= 0.3 is 5.63 Å². The standard InChI is InChI=1S/C11H10O4/c1-6-4-9-10(11(12)14-6)7-5-13-3-2-8(7)15-9/h2-4,7-8H,5H2,1H3/t7-,8-/m0/s1. The summed E-state index contributed by atoms with van der Waals surface area (Å²) < 4.78 is 15.9. The van der Waals surface area contributed by atoms with E-state index in [1.54, 1.807) is 19.3 Å². The van der Waals surface area contributed by atoms with E-state index in [9.17, 15) is 4.79 Å². The monoisotopic (exact) mass is 206 g/mol. The number of aryl methyl sites for hydroxylation is 1. The molecule has 2 atom stereocenters. The van der Waals surface area contributed by atoms with Gasteiger partial charge in [-0.3, -0.25) is 0 Å². The third-order valence-corrected chi connectivity index (χ3v) is 2.74. The van der Waals surface area contributed by atoms with E-state index in [4.69, 9.17) is 13.9 Å². The zero-order valence-electron chi connectivity index (χ0n) is 8.23. The van der Waals surface area contributed by atoms with Crippen molar-refractivity contribution in [3.8, 4) is 5.75 Å². The molecule has 3 heterocycles. The van der Waals surface area contributed by atoms with Crippen molar-refractivity contribution in [1.29, 1.82) is 0 Å². The van der Waals surface area contributed by atoms with Crippen LogP contribution in [0.5, 0.6) is 5.75 Å². The number of hydrogen-bond donors (Lipinski definition) is 0. The average molecular weight is 206 g/mol. The van der Waals surface area contributed by atoms with Gasteiger partial charge in [0.15, 0.2) is 0 Å². The van der Waals surface area contributed by atoms with Crippen LogP contribution >= 0.6 is 0 Å². The summed E-state index contributed by atoms with van der Waals surface area (Å²) in [5, 5.41) is 0. The fourth-order valence-corrected chi connectivity index (χ4v) is 2.06. The molecule has 2 aliphatic rings. The van der Waals surface area contributed by atoms with Crippen LogP contribution < -0.4 is 10.4 Å². The number of rotatable bonds is 0.